The summed E-state index contributed by atoms with van der Waals surface area (Å²) >= 11 is 0. The summed E-state index contributed by atoms with van der Waals surface area (Å²) in [7, 11) is -7.40. The third-order valence-electron chi connectivity index (χ3n) is 2.97. The van der Waals surface area contributed by atoms with Crippen molar-refractivity contribution < 1.29 is 16.8 Å². The van der Waals surface area contributed by atoms with Crippen molar-refractivity contribution in [1.29, 1.82) is 0 Å². The smallest absolute Gasteiger partial charge is 0.253 e. The Morgan fingerprint density at radius 1 is 0.591 bits per heavy atom. The molecule has 2 aromatic carbocycles. The van der Waals surface area contributed by atoms with E-state index in [-0.39, 0.29) is 9.79 Å². The maximum absolute atomic E-state index is 11.5. The number of sulfonamides is 2. The summed E-state index contributed by atoms with van der Waals surface area (Å²) in [6.07, 6.45) is 0. The molecule has 0 bridgehead atoms. The van der Waals surface area contributed by atoms with Gasteiger partial charge in [-0.05, 0) is 35.4 Å². The number of hydrazine groups is 2. The van der Waals surface area contributed by atoms with Crippen LogP contribution >= 0.6 is 0 Å². The summed E-state index contributed by atoms with van der Waals surface area (Å²) in [4.78, 5) is 3.53. The average Bonchev–Trinajstić information content (AvgIpc) is 2.55. The SMILES string of the molecule is NNS(=O)(=O)c1ccc(-c2ccc(S(=O)(=O)NN)cc2)cc1. The second-order valence-corrected chi connectivity index (χ2v) is 7.72. The van der Waals surface area contributed by atoms with Crippen LogP contribution < -0.4 is 21.3 Å². The monoisotopic (exact) mass is 342 g/mol. The Morgan fingerprint density at radius 2 is 0.864 bits per heavy atom. The largest absolute Gasteiger partial charge is 0.257 e. The summed E-state index contributed by atoms with van der Waals surface area (Å²) in [6, 6.07) is 12.0. The van der Waals surface area contributed by atoms with E-state index in [0.29, 0.717) is 0 Å². The predicted molar refractivity (Wildman–Crippen MR) is 80.9 cm³/mol. The molecular weight excluding hydrogens is 328 g/mol. The van der Waals surface area contributed by atoms with Crippen LogP contribution in [0.15, 0.2) is 58.3 Å². The lowest BCUT2D eigenvalue weighted by molar-refractivity contribution is 0.582. The van der Waals surface area contributed by atoms with Gasteiger partial charge in [-0.2, -0.15) is 9.66 Å². The van der Waals surface area contributed by atoms with Gasteiger partial charge >= 0.3 is 0 Å². The van der Waals surface area contributed by atoms with Crippen LogP contribution in [0.2, 0.25) is 0 Å². The summed E-state index contributed by atoms with van der Waals surface area (Å²) in [5.41, 5.74) is 1.45. The molecule has 10 heteroatoms. The van der Waals surface area contributed by atoms with Gasteiger partial charge in [-0.25, -0.2) is 16.8 Å². The number of nitrogens with two attached hydrogens (primary N) is 2. The third kappa shape index (κ3) is 3.32. The first kappa shape index (κ1) is 16.5. The molecule has 0 aliphatic heterocycles. The van der Waals surface area contributed by atoms with Crippen LogP contribution in [-0.2, 0) is 20.0 Å². The fourth-order valence-corrected chi connectivity index (χ4v) is 3.05. The Kier molecular flexibility index (Phi) is 4.60. The van der Waals surface area contributed by atoms with Crippen molar-refractivity contribution in [2.24, 2.45) is 11.7 Å². The lowest BCUT2D eigenvalue weighted by atomic mass is 10.1. The zero-order chi connectivity index (χ0) is 16.4. The van der Waals surface area contributed by atoms with E-state index in [9.17, 15) is 16.8 Å². The first-order valence-electron chi connectivity index (χ1n) is 5.95. The Balaban J connectivity index is 2.34. The molecule has 0 aromatic heterocycles. The number of benzene rings is 2. The van der Waals surface area contributed by atoms with E-state index in [1.165, 1.54) is 24.3 Å². The molecule has 0 aliphatic carbocycles. The van der Waals surface area contributed by atoms with E-state index in [1.54, 1.807) is 33.9 Å². The first-order chi connectivity index (χ1) is 10.3. The van der Waals surface area contributed by atoms with Crippen molar-refractivity contribution >= 4 is 20.0 Å². The highest BCUT2D eigenvalue weighted by atomic mass is 32.2. The quantitative estimate of drug-likeness (QED) is 0.432. The van der Waals surface area contributed by atoms with Crippen molar-refractivity contribution in [2.45, 2.75) is 9.79 Å². The molecule has 6 N–H and O–H groups in total. The highest BCUT2D eigenvalue weighted by Gasteiger charge is 2.13. The topological polar surface area (TPSA) is 144 Å². The fourth-order valence-electron chi connectivity index (χ4n) is 1.79. The molecule has 118 valence electrons. The van der Waals surface area contributed by atoms with E-state index in [2.05, 4.69) is 0 Å². The molecule has 0 unspecified atom stereocenters. The lowest BCUT2D eigenvalue weighted by Gasteiger charge is -2.06. The molecular formula is C12H14N4O4S2. The van der Waals surface area contributed by atoms with Crippen LogP contribution in [0.4, 0.5) is 0 Å². The second-order valence-electron chi connectivity index (χ2n) is 4.29. The highest BCUT2D eigenvalue weighted by Crippen LogP contribution is 2.22. The molecule has 2 aromatic rings. The normalized spacial score (nSPS) is 12.3. The van der Waals surface area contributed by atoms with E-state index < -0.39 is 20.0 Å². The van der Waals surface area contributed by atoms with Crippen LogP contribution in [0, 0.1) is 0 Å². The number of hydrogen-bond acceptors (Lipinski definition) is 6. The predicted octanol–water partition coefficient (Wildman–Crippen LogP) is -0.342. The zero-order valence-electron chi connectivity index (χ0n) is 11.2. The maximum atomic E-state index is 11.5. The van der Waals surface area contributed by atoms with Crippen molar-refractivity contribution in [3.8, 4) is 11.1 Å². The van der Waals surface area contributed by atoms with Gasteiger partial charge in [-0.3, -0.25) is 11.7 Å². The van der Waals surface area contributed by atoms with Gasteiger partial charge in [0.1, 0.15) is 0 Å². The molecule has 22 heavy (non-hydrogen) atoms. The van der Waals surface area contributed by atoms with Gasteiger partial charge < -0.3 is 0 Å². The standard InChI is InChI=1S/C12H14N4O4S2/c13-15-21(17,18)11-5-1-9(2-6-11)10-3-7-12(8-4-10)22(19,20)16-14/h1-8,15-16H,13-14H2. The van der Waals surface area contributed by atoms with Gasteiger partial charge in [0.15, 0.2) is 0 Å². The Morgan fingerprint density at radius 3 is 1.09 bits per heavy atom. The minimum Gasteiger partial charge on any atom is -0.257 e. The Bertz CT molecular complexity index is 785. The zero-order valence-corrected chi connectivity index (χ0v) is 12.9. The van der Waals surface area contributed by atoms with Crippen molar-refractivity contribution in [2.75, 3.05) is 0 Å². The van der Waals surface area contributed by atoms with Crippen LogP contribution in [0.25, 0.3) is 11.1 Å². The maximum Gasteiger partial charge on any atom is 0.253 e. The van der Waals surface area contributed by atoms with Gasteiger partial charge in [-0.15, -0.1) is 0 Å². The van der Waals surface area contributed by atoms with Gasteiger partial charge in [0, 0.05) is 0 Å². The average molecular weight is 342 g/mol. The van der Waals surface area contributed by atoms with Crippen LogP contribution in [-0.4, -0.2) is 16.8 Å². The van der Waals surface area contributed by atoms with E-state index in [1.807, 2.05) is 0 Å². The highest BCUT2D eigenvalue weighted by molar-refractivity contribution is 7.89. The van der Waals surface area contributed by atoms with Crippen molar-refractivity contribution in [1.82, 2.24) is 9.66 Å². The molecule has 0 spiro atoms. The minimum atomic E-state index is -3.70. The second kappa shape index (κ2) is 6.12. The van der Waals surface area contributed by atoms with Crippen LogP contribution in [0.1, 0.15) is 0 Å². The summed E-state index contributed by atoms with van der Waals surface area (Å²) in [5, 5.41) is 0. The number of hydrogen-bond donors (Lipinski definition) is 4. The van der Waals surface area contributed by atoms with Crippen molar-refractivity contribution in [3.05, 3.63) is 48.5 Å². The van der Waals surface area contributed by atoms with Crippen LogP contribution in [0.3, 0.4) is 0 Å². The lowest BCUT2D eigenvalue weighted by Crippen LogP contribution is -2.30. The fraction of sp³-hybridized carbons (Fsp3) is 0. The van der Waals surface area contributed by atoms with Gasteiger partial charge in [0.05, 0.1) is 9.79 Å². The van der Waals surface area contributed by atoms with E-state index in [0.717, 1.165) is 11.1 Å². The Hall–Kier alpha value is -1.82. The summed E-state index contributed by atoms with van der Waals surface area (Å²) < 4.78 is 46.1. The number of nitrogens with one attached hydrogen (secondary N) is 2. The molecule has 0 amide bonds. The molecule has 0 radical (unpaired) electrons. The summed E-state index contributed by atoms with van der Waals surface area (Å²) in [5.74, 6) is 9.89. The molecule has 0 saturated carbocycles. The minimum absolute atomic E-state index is 0.0327. The van der Waals surface area contributed by atoms with Crippen molar-refractivity contribution in [3.63, 3.8) is 0 Å². The molecule has 0 saturated heterocycles. The van der Waals surface area contributed by atoms with Gasteiger partial charge in [0.25, 0.3) is 20.0 Å². The molecule has 2 rings (SSSR count). The first-order valence-corrected chi connectivity index (χ1v) is 8.92. The van der Waals surface area contributed by atoms with Crippen LogP contribution in [0.5, 0.6) is 0 Å². The molecule has 0 heterocycles. The van der Waals surface area contributed by atoms with Gasteiger partial charge in [-0.1, -0.05) is 24.3 Å². The molecule has 0 fully saturated rings. The van der Waals surface area contributed by atoms with E-state index >= 15 is 0 Å². The van der Waals surface area contributed by atoms with Gasteiger partial charge in [0.2, 0.25) is 0 Å². The van der Waals surface area contributed by atoms with E-state index in [4.69, 9.17) is 11.7 Å². The molecule has 0 aliphatic rings. The molecule has 0 atom stereocenters. The molecule has 8 nitrogen and oxygen atoms in total. The Labute approximate surface area is 128 Å². The summed E-state index contributed by atoms with van der Waals surface area (Å²) in [6.45, 7) is 0. The third-order valence-corrected chi connectivity index (χ3v) is 5.38. The number of rotatable bonds is 5.